The Morgan fingerprint density at radius 2 is 1.95 bits per heavy atom. The second-order valence-corrected chi connectivity index (χ2v) is 4.22. The van der Waals surface area contributed by atoms with Gasteiger partial charge in [-0.2, -0.15) is 5.10 Å². The van der Waals surface area contributed by atoms with Gasteiger partial charge < -0.3 is 5.11 Å². The van der Waals surface area contributed by atoms with Crippen molar-refractivity contribution in [3.05, 3.63) is 66.5 Å². The second-order valence-electron chi connectivity index (χ2n) is 4.22. The van der Waals surface area contributed by atoms with Crippen LogP contribution in [-0.4, -0.2) is 25.8 Å². The fourth-order valence-electron chi connectivity index (χ4n) is 1.90. The van der Waals surface area contributed by atoms with Crippen LogP contribution in [0, 0.1) is 0 Å². The number of nitrogens with zero attached hydrogens (tertiary/aromatic N) is 3. The summed E-state index contributed by atoms with van der Waals surface area (Å²) in [6, 6.07) is 14.1. The second kappa shape index (κ2) is 4.97. The van der Waals surface area contributed by atoms with Crippen molar-refractivity contribution in [1.82, 2.24) is 14.8 Å². The lowest BCUT2D eigenvalue weighted by atomic mass is 10.2. The number of carboxylic acids is 1. The number of pyridine rings is 1. The highest BCUT2D eigenvalue weighted by Crippen LogP contribution is 2.16. The van der Waals surface area contributed by atoms with Gasteiger partial charge in [-0.25, -0.2) is 9.48 Å². The zero-order valence-corrected chi connectivity index (χ0v) is 10.5. The Kier molecular flexibility index (Phi) is 3.01. The van der Waals surface area contributed by atoms with Crippen LogP contribution in [0.1, 0.15) is 10.4 Å². The van der Waals surface area contributed by atoms with Crippen molar-refractivity contribution < 1.29 is 9.90 Å². The molecule has 0 aliphatic rings. The average molecular weight is 265 g/mol. The van der Waals surface area contributed by atoms with E-state index < -0.39 is 5.97 Å². The minimum atomic E-state index is -0.955. The molecule has 0 atom stereocenters. The van der Waals surface area contributed by atoms with Gasteiger partial charge in [0.1, 0.15) is 5.69 Å². The molecule has 1 aromatic carbocycles. The molecule has 0 unspecified atom stereocenters. The molecule has 2 heterocycles. The predicted octanol–water partition coefficient (Wildman–Crippen LogP) is 2.63. The van der Waals surface area contributed by atoms with E-state index in [1.807, 2.05) is 30.3 Å². The quantitative estimate of drug-likeness (QED) is 0.790. The summed E-state index contributed by atoms with van der Waals surface area (Å²) in [5.74, 6) is -0.955. The molecule has 98 valence electrons. The summed E-state index contributed by atoms with van der Waals surface area (Å²) in [4.78, 5) is 15.2. The van der Waals surface area contributed by atoms with E-state index in [2.05, 4.69) is 10.1 Å². The maximum atomic E-state index is 11.0. The zero-order chi connectivity index (χ0) is 13.9. The summed E-state index contributed by atoms with van der Waals surface area (Å²) in [6.45, 7) is 0. The van der Waals surface area contributed by atoms with Crippen LogP contribution in [-0.2, 0) is 0 Å². The molecule has 2 aromatic heterocycles. The molecular weight excluding hydrogens is 254 g/mol. The first-order valence-corrected chi connectivity index (χ1v) is 6.05. The van der Waals surface area contributed by atoms with E-state index in [1.165, 1.54) is 0 Å². The fourth-order valence-corrected chi connectivity index (χ4v) is 1.90. The first-order valence-electron chi connectivity index (χ1n) is 6.05. The number of hydrogen-bond acceptors (Lipinski definition) is 3. The number of aromatic nitrogens is 3. The molecule has 0 aliphatic carbocycles. The van der Waals surface area contributed by atoms with Crippen molar-refractivity contribution in [1.29, 1.82) is 0 Å². The molecule has 0 saturated heterocycles. The van der Waals surface area contributed by atoms with Crippen LogP contribution < -0.4 is 0 Å². The lowest BCUT2D eigenvalue weighted by molar-refractivity contribution is 0.0697. The fraction of sp³-hybridized carbons (Fsp3) is 0. The van der Waals surface area contributed by atoms with Crippen molar-refractivity contribution in [3.8, 4) is 17.1 Å². The van der Waals surface area contributed by atoms with Crippen molar-refractivity contribution in [2.45, 2.75) is 0 Å². The van der Waals surface area contributed by atoms with Crippen molar-refractivity contribution >= 4 is 5.97 Å². The third kappa shape index (κ3) is 2.29. The van der Waals surface area contributed by atoms with E-state index >= 15 is 0 Å². The average Bonchev–Trinajstić information content (AvgIpc) is 2.98. The Morgan fingerprint density at radius 1 is 1.05 bits per heavy atom. The number of carbonyl (C=O) groups is 1. The Morgan fingerprint density at radius 3 is 2.70 bits per heavy atom. The van der Waals surface area contributed by atoms with Crippen molar-refractivity contribution in [3.63, 3.8) is 0 Å². The van der Waals surface area contributed by atoms with Crippen LogP contribution in [0.15, 0.2) is 60.9 Å². The number of aromatic carboxylic acids is 1. The smallest absolute Gasteiger partial charge is 0.335 e. The summed E-state index contributed by atoms with van der Waals surface area (Å²) < 4.78 is 1.64. The lowest BCUT2D eigenvalue weighted by Crippen LogP contribution is -2.00. The summed E-state index contributed by atoms with van der Waals surface area (Å²) in [5.41, 5.74) is 2.46. The van der Waals surface area contributed by atoms with Gasteiger partial charge in [0.05, 0.1) is 16.9 Å². The Bertz CT molecular complexity index is 751. The molecule has 3 rings (SSSR count). The van der Waals surface area contributed by atoms with Gasteiger partial charge in [-0.15, -0.1) is 0 Å². The molecule has 0 spiro atoms. The molecule has 3 aromatic rings. The standard InChI is InChI=1S/C15H11N3O2/c19-15(20)11-4-3-5-12(10-11)18-9-7-14(17-18)13-6-1-2-8-16-13/h1-10H,(H,19,20). The summed E-state index contributed by atoms with van der Waals surface area (Å²) in [5, 5.41) is 13.4. The maximum absolute atomic E-state index is 11.0. The van der Waals surface area contributed by atoms with Crippen molar-refractivity contribution in [2.75, 3.05) is 0 Å². The molecule has 0 saturated carbocycles. The summed E-state index contributed by atoms with van der Waals surface area (Å²) in [6.07, 6.45) is 3.49. The molecule has 0 bridgehead atoms. The van der Waals surface area contributed by atoms with E-state index in [1.54, 1.807) is 35.3 Å². The number of carboxylic acid groups (broad SMARTS) is 1. The molecule has 5 nitrogen and oxygen atoms in total. The van der Waals surface area contributed by atoms with Crippen molar-refractivity contribution in [2.24, 2.45) is 0 Å². The molecule has 1 N–H and O–H groups in total. The molecule has 0 radical (unpaired) electrons. The van der Waals surface area contributed by atoms with Crippen LogP contribution in [0.25, 0.3) is 17.1 Å². The van der Waals surface area contributed by atoms with Crippen LogP contribution >= 0.6 is 0 Å². The molecule has 0 aliphatic heterocycles. The SMILES string of the molecule is O=C(O)c1cccc(-n2ccc(-c3ccccn3)n2)c1. The third-order valence-electron chi connectivity index (χ3n) is 2.87. The van der Waals surface area contributed by atoms with Gasteiger partial charge in [0.15, 0.2) is 0 Å². The van der Waals surface area contributed by atoms with E-state index in [0.717, 1.165) is 11.4 Å². The summed E-state index contributed by atoms with van der Waals surface area (Å²) >= 11 is 0. The first-order chi connectivity index (χ1) is 9.74. The van der Waals surface area contributed by atoms with E-state index in [0.29, 0.717) is 5.69 Å². The third-order valence-corrected chi connectivity index (χ3v) is 2.87. The molecule has 20 heavy (non-hydrogen) atoms. The molecular formula is C15H11N3O2. The Labute approximate surface area is 115 Å². The predicted molar refractivity (Wildman–Crippen MR) is 73.8 cm³/mol. The van der Waals surface area contributed by atoms with Gasteiger partial charge in [0, 0.05) is 12.4 Å². The maximum Gasteiger partial charge on any atom is 0.335 e. The van der Waals surface area contributed by atoms with E-state index in [-0.39, 0.29) is 5.56 Å². The van der Waals surface area contributed by atoms with Crippen LogP contribution in [0.5, 0.6) is 0 Å². The number of rotatable bonds is 3. The lowest BCUT2D eigenvalue weighted by Gasteiger charge is -2.02. The zero-order valence-electron chi connectivity index (χ0n) is 10.5. The summed E-state index contributed by atoms with van der Waals surface area (Å²) in [7, 11) is 0. The van der Waals surface area contributed by atoms with E-state index in [9.17, 15) is 4.79 Å². The van der Waals surface area contributed by atoms with Gasteiger partial charge in [0.25, 0.3) is 0 Å². The highest BCUT2D eigenvalue weighted by molar-refractivity contribution is 5.88. The topological polar surface area (TPSA) is 68.0 Å². The minimum absolute atomic E-state index is 0.234. The Hall–Kier alpha value is -2.95. The van der Waals surface area contributed by atoms with Crippen LogP contribution in [0.4, 0.5) is 0 Å². The first kappa shape index (κ1) is 12.1. The van der Waals surface area contributed by atoms with Gasteiger partial charge in [-0.3, -0.25) is 4.98 Å². The minimum Gasteiger partial charge on any atom is -0.478 e. The highest BCUT2D eigenvalue weighted by atomic mass is 16.4. The molecule has 0 fully saturated rings. The van der Waals surface area contributed by atoms with E-state index in [4.69, 9.17) is 5.11 Å². The van der Waals surface area contributed by atoms with Crippen LogP contribution in [0.3, 0.4) is 0 Å². The number of benzene rings is 1. The van der Waals surface area contributed by atoms with Gasteiger partial charge in [-0.1, -0.05) is 12.1 Å². The molecule has 5 heteroatoms. The Balaban J connectivity index is 1.98. The monoisotopic (exact) mass is 265 g/mol. The van der Waals surface area contributed by atoms with Gasteiger partial charge in [0.2, 0.25) is 0 Å². The van der Waals surface area contributed by atoms with Gasteiger partial charge >= 0.3 is 5.97 Å². The highest BCUT2D eigenvalue weighted by Gasteiger charge is 2.07. The van der Waals surface area contributed by atoms with Gasteiger partial charge in [-0.05, 0) is 36.4 Å². The van der Waals surface area contributed by atoms with Crippen LogP contribution in [0.2, 0.25) is 0 Å². The number of hydrogen-bond donors (Lipinski definition) is 1. The largest absolute Gasteiger partial charge is 0.478 e. The molecule has 0 amide bonds. The normalized spacial score (nSPS) is 10.4.